The van der Waals surface area contributed by atoms with Gasteiger partial charge in [-0.25, -0.2) is 0 Å². The Balaban J connectivity index is 1.90. The average Bonchev–Trinajstić information content (AvgIpc) is 2.54. The summed E-state index contributed by atoms with van der Waals surface area (Å²) in [5.74, 6) is 0.544. The van der Waals surface area contributed by atoms with Crippen molar-refractivity contribution < 1.29 is 4.79 Å². The molecule has 0 fully saturated rings. The summed E-state index contributed by atoms with van der Waals surface area (Å²) in [6.07, 6.45) is 4.43. The molecular weight excluding hydrogens is 286 g/mol. The molecule has 1 amide bonds. The lowest BCUT2D eigenvalue weighted by Gasteiger charge is -2.10. The third-order valence-electron chi connectivity index (χ3n) is 3.62. The van der Waals surface area contributed by atoms with Crippen molar-refractivity contribution in [2.75, 3.05) is 11.9 Å². The number of carbonyl (C=O) groups is 1. The largest absolute Gasteiger partial charge is 0.384 e. The Morgan fingerprint density at radius 3 is 2.61 bits per heavy atom. The van der Waals surface area contributed by atoms with E-state index < -0.39 is 0 Å². The topological polar surface area (TPSA) is 54.0 Å². The molecule has 0 aliphatic rings. The highest BCUT2D eigenvalue weighted by atomic mass is 16.1. The van der Waals surface area contributed by atoms with E-state index in [-0.39, 0.29) is 5.91 Å². The fraction of sp³-hybridized carbons (Fsp3) is 0.368. The third kappa shape index (κ3) is 5.74. The number of aryl methyl sites for hydroxylation is 1. The number of nitrogens with one attached hydrogen (secondary N) is 2. The number of amides is 1. The van der Waals surface area contributed by atoms with E-state index in [2.05, 4.69) is 29.5 Å². The number of rotatable bonds is 7. The van der Waals surface area contributed by atoms with Crippen molar-refractivity contribution in [1.82, 2.24) is 10.3 Å². The number of carbonyl (C=O) groups excluding carboxylic acids is 1. The summed E-state index contributed by atoms with van der Waals surface area (Å²) in [5, 5.41) is 6.24. The summed E-state index contributed by atoms with van der Waals surface area (Å²) in [7, 11) is 0. The Kier molecular flexibility index (Phi) is 6.15. The minimum Gasteiger partial charge on any atom is -0.384 e. The molecule has 0 saturated carbocycles. The van der Waals surface area contributed by atoms with Crippen molar-refractivity contribution in [1.29, 1.82) is 0 Å². The standard InChI is InChI=1S/C19H25N3O/c1-14(2)8-9-21-18-10-17(12-20-13-18)19(23)22-11-16-6-4-15(3)5-7-16/h4-7,10,12-14,21H,8-9,11H2,1-3H3,(H,22,23). The highest BCUT2D eigenvalue weighted by Gasteiger charge is 2.07. The van der Waals surface area contributed by atoms with E-state index in [1.807, 2.05) is 37.3 Å². The Labute approximate surface area is 138 Å². The Morgan fingerprint density at radius 2 is 1.91 bits per heavy atom. The van der Waals surface area contributed by atoms with Crippen molar-refractivity contribution in [2.24, 2.45) is 5.92 Å². The summed E-state index contributed by atoms with van der Waals surface area (Å²) >= 11 is 0. The van der Waals surface area contributed by atoms with E-state index in [0.29, 0.717) is 18.0 Å². The van der Waals surface area contributed by atoms with Gasteiger partial charge in [-0.2, -0.15) is 0 Å². The van der Waals surface area contributed by atoms with Gasteiger partial charge in [0.2, 0.25) is 0 Å². The molecule has 4 nitrogen and oxygen atoms in total. The second-order valence-electron chi connectivity index (χ2n) is 6.24. The SMILES string of the molecule is Cc1ccc(CNC(=O)c2cncc(NCCC(C)C)c2)cc1. The summed E-state index contributed by atoms with van der Waals surface area (Å²) in [6, 6.07) is 9.98. The van der Waals surface area contributed by atoms with Gasteiger partial charge in [0.05, 0.1) is 11.3 Å². The quantitative estimate of drug-likeness (QED) is 0.818. The number of hydrogen-bond donors (Lipinski definition) is 2. The van der Waals surface area contributed by atoms with Crippen LogP contribution in [0.1, 0.15) is 41.8 Å². The minimum atomic E-state index is -0.106. The van der Waals surface area contributed by atoms with E-state index in [0.717, 1.165) is 24.2 Å². The minimum absolute atomic E-state index is 0.106. The van der Waals surface area contributed by atoms with Crippen molar-refractivity contribution in [3.8, 4) is 0 Å². The molecule has 1 heterocycles. The summed E-state index contributed by atoms with van der Waals surface area (Å²) < 4.78 is 0. The molecule has 122 valence electrons. The van der Waals surface area contributed by atoms with Crippen LogP contribution in [0.3, 0.4) is 0 Å². The molecule has 4 heteroatoms. The molecule has 0 aliphatic heterocycles. The van der Waals surface area contributed by atoms with Gasteiger partial charge in [-0.1, -0.05) is 43.7 Å². The fourth-order valence-electron chi connectivity index (χ4n) is 2.16. The van der Waals surface area contributed by atoms with Crippen LogP contribution in [0.5, 0.6) is 0 Å². The number of nitrogens with zero attached hydrogens (tertiary/aromatic N) is 1. The number of anilines is 1. The second kappa shape index (κ2) is 8.32. The monoisotopic (exact) mass is 311 g/mol. The molecule has 0 spiro atoms. The average molecular weight is 311 g/mol. The maximum Gasteiger partial charge on any atom is 0.253 e. The van der Waals surface area contributed by atoms with Crippen molar-refractivity contribution in [3.63, 3.8) is 0 Å². The first-order chi connectivity index (χ1) is 11.0. The molecule has 0 unspecified atom stereocenters. The number of pyridine rings is 1. The van der Waals surface area contributed by atoms with Crippen molar-refractivity contribution in [2.45, 2.75) is 33.7 Å². The summed E-state index contributed by atoms with van der Waals surface area (Å²) in [6.45, 7) is 7.83. The Bertz CT molecular complexity index is 635. The molecule has 0 aliphatic carbocycles. The normalized spacial score (nSPS) is 10.6. The van der Waals surface area contributed by atoms with Crippen molar-refractivity contribution >= 4 is 11.6 Å². The van der Waals surface area contributed by atoms with Gasteiger partial charge in [0, 0.05) is 25.5 Å². The number of hydrogen-bond acceptors (Lipinski definition) is 3. The first kappa shape index (κ1) is 17.0. The van der Waals surface area contributed by atoms with Crippen LogP contribution in [0, 0.1) is 12.8 Å². The van der Waals surface area contributed by atoms with E-state index in [1.54, 1.807) is 12.4 Å². The molecule has 2 N–H and O–H groups in total. The molecule has 0 radical (unpaired) electrons. The van der Waals surface area contributed by atoms with E-state index >= 15 is 0 Å². The van der Waals surface area contributed by atoms with Gasteiger partial charge < -0.3 is 10.6 Å². The van der Waals surface area contributed by atoms with Crippen LogP contribution in [-0.2, 0) is 6.54 Å². The van der Waals surface area contributed by atoms with Gasteiger partial charge in [0.1, 0.15) is 0 Å². The van der Waals surface area contributed by atoms with Crippen LogP contribution in [0.15, 0.2) is 42.7 Å². The van der Waals surface area contributed by atoms with Gasteiger partial charge in [-0.15, -0.1) is 0 Å². The van der Waals surface area contributed by atoms with Crippen LogP contribution in [0.4, 0.5) is 5.69 Å². The molecule has 1 aromatic carbocycles. The maximum atomic E-state index is 12.2. The Hall–Kier alpha value is -2.36. The number of aromatic nitrogens is 1. The lowest BCUT2D eigenvalue weighted by Crippen LogP contribution is -2.23. The first-order valence-electron chi connectivity index (χ1n) is 8.07. The van der Waals surface area contributed by atoms with Crippen LogP contribution >= 0.6 is 0 Å². The van der Waals surface area contributed by atoms with Gasteiger partial charge in [-0.05, 0) is 30.9 Å². The summed E-state index contributed by atoms with van der Waals surface area (Å²) in [5.41, 5.74) is 3.76. The summed E-state index contributed by atoms with van der Waals surface area (Å²) in [4.78, 5) is 16.4. The van der Waals surface area contributed by atoms with Gasteiger partial charge in [-0.3, -0.25) is 9.78 Å². The third-order valence-corrected chi connectivity index (χ3v) is 3.62. The predicted molar refractivity (Wildman–Crippen MR) is 94.5 cm³/mol. The Morgan fingerprint density at radius 1 is 1.17 bits per heavy atom. The van der Waals surface area contributed by atoms with E-state index in [1.165, 1.54) is 5.56 Å². The second-order valence-corrected chi connectivity index (χ2v) is 6.24. The smallest absolute Gasteiger partial charge is 0.253 e. The number of benzene rings is 1. The predicted octanol–water partition coefficient (Wildman–Crippen LogP) is 3.78. The van der Waals surface area contributed by atoms with Crippen LogP contribution in [0.2, 0.25) is 0 Å². The van der Waals surface area contributed by atoms with E-state index in [4.69, 9.17) is 0 Å². The van der Waals surface area contributed by atoms with Crippen LogP contribution in [0.25, 0.3) is 0 Å². The van der Waals surface area contributed by atoms with Gasteiger partial charge in [0.15, 0.2) is 0 Å². The zero-order chi connectivity index (χ0) is 16.7. The van der Waals surface area contributed by atoms with Crippen LogP contribution < -0.4 is 10.6 Å². The molecule has 23 heavy (non-hydrogen) atoms. The van der Waals surface area contributed by atoms with Crippen molar-refractivity contribution in [3.05, 3.63) is 59.4 Å². The highest BCUT2D eigenvalue weighted by molar-refractivity contribution is 5.94. The van der Waals surface area contributed by atoms with Crippen LogP contribution in [-0.4, -0.2) is 17.4 Å². The van der Waals surface area contributed by atoms with Gasteiger partial charge >= 0.3 is 0 Å². The van der Waals surface area contributed by atoms with Gasteiger partial charge in [0.25, 0.3) is 5.91 Å². The zero-order valence-corrected chi connectivity index (χ0v) is 14.1. The molecular formula is C19H25N3O. The first-order valence-corrected chi connectivity index (χ1v) is 8.07. The van der Waals surface area contributed by atoms with E-state index in [9.17, 15) is 4.79 Å². The molecule has 2 rings (SSSR count). The lowest BCUT2D eigenvalue weighted by molar-refractivity contribution is 0.0950. The zero-order valence-electron chi connectivity index (χ0n) is 14.1. The lowest BCUT2D eigenvalue weighted by atomic mass is 10.1. The molecule has 1 aromatic heterocycles. The maximum absolute atomic E-state index is 12.2. The molecule has 0 saturated heterocycles. The highest BCUT2D eigenvalue weighted by Crippen LogP contribution is 2.10. The molecule has 0 bridgehead atoms. The fourth-order valence-corrected chi connectivity index (χ4v) is 2.16. The molecule has 2 aromatic rings. The molecule has 0 atom stereocenters.